The largest absolute Gasteiger partial charge is 0.375 e. The topological polar surface area (TPSA) is 58.2 Å². The monoisotopic (exact) mass is 249 g/mol. The molecule has 1 unspecified atom stereocenters. The summed E-state index contributed by atoms with van der Waals surface area (Å²) in [5.74, 6) is 0.632. The smallest absolute Gasteiger partial charge is 0.274 e. The van der Waals surface area contributed by atoms with Gasteiger partial charge in [0, 0.05) is 24.7 Å². The van der Waals surface area contributed by atoms with E-state index in [0.29, 0.717) is 31.3 Å². The summed E-state index contributed by atoms with van der Waals surface area (Å²) in [6.45, 7) is 4.06. The van der Waals surface area contributed by atoms with E-state index in [2.05, 4.69) is 17.1 Å². The Hall–Kier alpha value is -1.36. The quantitative estimate of drug-likeness (QED) is 0.884. The van der Waals surface area contributed by atoms with Crippen LogP contribution >= 0.6 is 0 Å². The van der Waals surface area contributed by atoms with E-state index in [1.165, 1.54) is 12.8 Å². The van der Waals surface area contributed by atoms with Crippen LogP contribution < -0.4 is 0 Å². The Balaban J connectivity index is 1.68. The van der Waals surface area contributed by atoms with E-state index >= 15 is 0 Å². The molecule has 5 nitrogen and oxygen atoms in total. The maximum absolute atomic E-state index is 12.3. The molecular formula is C13H19N3O2. The standard InChI is InChI=1S/C13H19N3O2/c1-2-10-8-16(5-6-18-10)13(17)12-7-11(14-15-12)9-3-4-9/h7,9-10H,2-6,8H2,1H3,(H,14,15). The molecule has 1 aliphatic carbocycles. The molecule has 1 aliphatic heterocycles. The third-order valence-electron chi connectivity index (χ3n) is 3.72. The van der Waals surface area contributed by atoms with Crippen LogP contribution in [0.5, 0.6) is 0 Å². The first-order valence-corrected chi connectivity index (χ1v) is 6.74. The number of aromatic nitrogens is 2. The summed E-state index contributed by atoms with van der Waals surface area (Å²) in [4.78, 5) is 14.2. The third-order valence-corrected chi connectivity index (χ3v) is 3.72. The van der Waals surface area contributed by atoms with Gasteiger partial charge in [0.25, 0.3) is 5.91 Å². The number of morpholine rings is 1. The van der Waals surface area contributed by atoms with Crippen molar-refractivity contribution in [3.05, 3.63) is 17.5 Å². The average Bonchev–Trinajstić information content (AvgIpc) is 3.16. The number of nitrogens with one attached hydrogen (secondary N) is 1. The maximum Gasteiger partial charge on any atom is 0.274 e. The van der Waals surface area contributed by atoms with Gasteiger partial charge in [-0.25, -0.2) is 0 Å². The second-order valence-corrected chi connectivity index (χ2v) is 5.14. The molecule has 1 aromatic heterocycles. The van der Waals surface area contributed by atoms with Crippen LogP contribution in [-0.2, 0) is 4.74 Å². The van der Waals surface area contributed by atoms with Gasteiger partial charge < -0.3 is 9.64 Å². The Kier molecular flexibility index (Phi) is 3.07. The summed E-state index contributed by atoms with van der Waals surface area (Å²) in [5.41, 5.74) is 1.66. The molecule has 0 bridgehead atoms. The van der Waals surface area contributed by atoms with Gasteiger partial charge in [0.2, 0.25) is 0 Å². The fourth-order valence-corrected chi connectivity index (χ4v) is 2.36. The molecule has 0 spiro atoms. The van der Waals surface area contributed by atoms with Crippen LogP contribution in [0.3, 0.4) is 0 Å². The zero-order chi connectivity index (χ0) is 12.5. The lowest BCUT2D eigenvalue weighted by Gasteiger charge is -2.31. The highest BCUT2D eigenvalue weighted by Crippen LogP contribution is 2.39. The first kappa shape index (κ1) is 11.7. The van der Waals surface area contributed by atoms with Crippen molar-refractivity contribution < 1.29 is 9.53 Å². The second kappa shape index (κ2) is 4.72. The Morgan fingerprint density at radius 2 is 2.44 bits per heavy atom. The number of rotatable bonds is 3. The van der Waals surface area contributed by atoms with Crippen LogP contribution in [0.25, 0.3) is 0 Å². The summed E-state index contributed by atoms with van der Waals surface area (Å²) < 4.78 is 5.57. The predicted octanol–water partition coefficient (Wildman–Crippen LogP) is 1.54. The van der Waals surface area contributed by atoms with Gasteiger partial charge in [-0.1, -0.05) is 6.92 Å². The number of ether oxygens (including phenoxy) is 1. The van der Waals surface area contributed by atoms with Gasteiger partial charge in [-0.3, -0.25) is 9.89 Å². The zero-order valence-electron chi connectivity index (χ0n) is 10.7. The molecule has 5 heteroatoms. The van der Waals surface area contributed by atoms with Crippen LogP contribution in [0.15, 0.2) is 6.07 Å². The number of carbonyl (C=O) groups excluding carboxylic acids is 1. The molecule has 1 atom stereocenters. The molecule has 1 saturated carbocycles. The molecule has 18 heavy (non-hydrogen) atoms. The molecule has 1 aromatic rings. The van der Waals surface area contributed by atoms with Crippen molar-refractivity contribution in [2.24, 2.45) is 0 Å². The number of nitrogens with zero attached hydrogens (tertiary/aromatic N) is 2. The molecule has 1 amide bonds. The van der Waals surface area contributed by atoms with E-state index in [0.717, 1.165) is 12.1 Å². The molecule has 0 radical (unpaired) electrons. The highest BCUT2D eigenvalue weighted by atomic mass is 16.5. The molecular weight excluding hydrogens is 230 g/mol. The Morgan fingerprint density at radius 3 is 3.17 bits per heavy atom. The van der Waals surface area contributed by atoms with Crippen molar-refractivity contribution in [2.45, 2.75) is 38.2 Å². The van der Waals surface area contributed by atoms with E-state index in [-0.39, 0.29) is 12.0 Å². The minimum Gasteiger partial charge on any atom is -0.375 e. The van der Waals surface area contributed by atoms with Crippen LogP contribution in [-0.4, -0.2) is 46.8 Å². The Labute approximate surface area is 107 Å². The highest BCUT2D eigenvalue weighted by Gasteiger charge is 2.29. The Morgan fingerprint density at radius 1 is 1.61 bits per heavy atom. The van der Waals surface area contributed by atoms with E-state index in [9.17, 15) is 4.79 Å². The summed E-state index contributed by atoms with van der Waals surface area (Å²) >= 11 is 0. The highest BCUT2D eigenvalue weighted by molar-refractivity contribution is 5.92. The average molecular weight is 249 g/mol. The van der Waals surface area contributed by atoms with Crippen LogP contribution in [0, 0.1) is 0 Å². The molecule has 98 valence electrons. The summed E-state index contributed by atoms with van der Waals surface area (Å²) in [5, 5.41) is 7.13. The minimum atomic E-state index is 0.0277. The van der Waals surface area contributed by atoms with Gasteiger partial charge in [-0.15, -0.1) is 0 Å². The van der Waals surface area contributed by atoms with Gasteiger partial charge in [-0.2, -0.15) is 5.10 Å². The fraction of sp³-hybridized carbons (Fsp3) is 0.692. The van der Waals surface area contributed by atoms with Gasteiger partial charge in [0.05, 0.1) is 12.7 Å². The van der Waals surface area contributed by atoms with Gasteiger partial charge in [0.1, 0.15) is 5.69 Å². The number of hydrogen-bond donors (Lipinski definition) is 1. The number of amides is 1. The number of hydrogen-bond acceptors (Lipinski definition) is 3. The summed E-state index contributed by atoms with van der Waals surface area (Å²) in [7, 11) is 0. The first-order chi connectivity index (χ1) is 8.78. The van der Waals surface area contributed by atoms with E-state index in [4.69, 9.17) is 4.74 Å². The normalized spacial score (nSPS) is 24.3. The fourth-order valence-electron chi connectivity index (χ4n) is 2.36. The van der Waals surface area contributed by atoms with Crippen molar-refractivity contribution in [1.82, 2.24) is 15.1 Å². The molecule has 2 heterocycles. The molecule has 1 saturated heterocycles. The van der Waals surface area contributed by atoms with Gasteiger partial charge in [-0.05, 0) is 25.3 Å². The van der Waals surface area contributed by atoms with Crippen LogP contribution in [0.4, 0.5) is 0 Å². The number of aromatic amines is 1. The van der Waals surface area contributed by atoms with Crippen LogP contribution in [0.1, 0.15) is 48.3 Å². The SMILES string of the molecule is CCC1CN(C(=O)c2cc(C3CC3)[nH]n2)CCO1. The molecule has 2 fully saturated rings. The maximum atomic E-state index is 12.3. The Bertz CT molecular complexity index is 439. The van der Waals surface area contributed by atoms with E-state index in [1.807, 2.05) is 11.0 Å². The summed E-state index contributed by atoms with van der Waals surface area (Å²) in [6.07, 6.45) is 3.54. The molecule has 2 aliphatic rings. The zero-order valence-corrected chi connectivity index (χ0v) is 10.7. The first-order valence-electron chi connectivity index (χ1n) is 6.74. The van der Waals surface area contributed by atoms with E-state index < -0.39 is 0 Å². The molecule has 1 N–H and O–H groups in total. The van der Waals surface area contributed by atoms with Crippen molar-refractivity contribution in [2.75, 3.05) is 19.7 Å². The van der Waals surface area contributed by atoms with Crippen molar-refractivity contribution in [1.29, 1.82) is 0 Å². The summed E-state index contributed by atoms with van der Waals surface area (Å²) in [6, 6.07) is 1.91. The predicted molar refractivity (Wildman–Crippen MR) is 66.5 cm³/mol. The number of H-pyrrole nitrogens is 1. The van der Waals surface area contributed by atoms with Crippen molar-refractivity contribution in [3.63, 3.8) is 0 Å². The van der Waals surface area contributed by atoms with Crippen molar-refractivity contribution in [3.8, 4) is 0 Å². The minimum absolute atomic E-state index is 0.0277. The van der Waals surface area contributed by atoms with Gasteiger partial charge in [0.15, 0.2) is 0 Å². The lowest BCUT2D eigenvalue weighted by Crippen LogP contribution is -2.45. The van der Waals surface area contributed by atoms with Crippen LogP contribution in [0.2, 0.25) is 0 Å². The lowest BCUT2D eigenvalue weighted by atomic mass is 10.2. The number of carbonyl (C=O) groups is 1. The van der Waals surface area contributed by atoms with Crippen molar-refractivity contribution >= 4 is 5.91 Å². The molecule has 3 rings (SSSR count). The third kappa shape index (κ3) is 2.27. The second-order valence-electron chi connectivity index (χ2n) is 5.14. The lowest BCUT2D eigenvalue weighted by molar-refractivity contribution is -0.0228. The van der Waals surface area contributed by atoms with E-state index in [1.54, 1.807) is 0 Å². The van der Waals surface area contributed by atoms with Gasteiger partial charge >= 0.3 is 0 Å². The molecule has 0 aromatic carbocycles.